The van der Waals surface area contributed by atoms with E-state index in [-0.39, 0.29) is 11.7 Å². The van der Waals surface area contributed by atoms with E-state index in [9.17, 15) is 4.79 Å². The molecule has 0 saturated heterocycles. The number of hydrogen-bond donors (Lipinski definition) is 3. The monoisotopic (exact) mass is 251 g/mol. The van der Waals surface area contributed by atoms with Gasteiger partial charge < -0.3 is 16.3 Å². The molecule has 0 aliphatic heterocycles. The number of aryl methyl sites for hydroxylation is 2. The minimum absolute atomic E-state index is 0.0787. The van der Waals surface area contributed by atoms with Gasteiger partial charge in [-0.2, -0.15) is 10.2 Å². The third-order valence-electron chi connectivity index (χ3n) is 2.37. The molecule has 1 aromatic heterocycles. The first-order chi connectivity index (χ1) is 8.58. The summed E-state index contributed by atoms with van der Waals surface area (Å²) < 4.78 is 0. The van der Waals surface area contributed by atoms with Crippen molar-refractivity contribution in [3.8, 4) is 0 Å². The molecule has 4 N–H and O–H groups in total. The van der Waals surface area contributed by atoms with Gasteiger partial charge in [-0.3, -0.25) is 4.79 Å². The maximum atomic E-state index is 11.9. The molecule has 0 radical (unpaired) electrons. The number of nitrogens with zero attached hydrogens (tertiary/aromatic N) is 3. The predicted molar refractivity (Wildman–Crippen MR) is 66.5 cm³/mol. The zero-order chi connectivity index (χ0) is 13.5. The van der Waals surface area contributed by atoms with Crippen LogP contribution in [0.25, 0.3) is 0 Å². The summed E-state index contributed by atoms with van der Waals surface area (Å²) in [7, 11) is 0. The summed E-state index contributed by atoms with van der Waals surface area (Å²) >= 11 is 0. The lowest BCUT2D eigenvalue weighted by Gasteiger charge is -2.08. The number of carbonyl (C=O) groups excluding carboxylic acids is 1. The minimum atomic E-state index is -0.226. The smallest absolute Gasteiger partial charge is 0.253 e. The van der Waals surface area contributed by atoms with E-state index in [1.807, 2.05) is 6.92 Å². The second-order valence-electron chi connectivity index (χ2n) is 3.80. The fourth-order valence-corrected chi connectivity index (χ4v) is 1.42. The second-order valence-corrected chi connectivity index (χ2v) is 3.80. The van der Waals surface area contributed by atoms with E-state index < -0.39 is 0 Å². The van der Waals surface area contributed by atoms with Crippen LogP contribution in [0.5, 0.6) is 0 Å². The Morgan fingerprint density at radius 3 is 2.89 bits per heavy atom. The van der Waals surface area contributed by atoms with Crippen LogP contribution >= 0.6 is 0 Å². The molecule has 7 nitrogen and oxygen atoms in total. The van der Waals surface area contributed by atoms with Gasteiger partial charge in [0.05, 0.1) is 17.0 Å². The average Bonchev–Trinajstić information content (AvgIpc) is 2.38. The van der Waals surface area contributed by atoms with Gasteiger partial charge in [-0.25, -0.2) is 0 Å². The molecule has 0 aromatic carbocycles. The van der Waals surface area contributed by atoms with Crippen LogP contribution in [0.4, 0.5) is 0 Å². The molecule has 0 saturated carbocycles. The van der Waals surface area contributed by atoms with Crippen LogP contribution in [0.2, 0.25) is 0 Å². The van der Waals surface area contributed by atoms with Gasteiger partial charge in [0.25, 0.3) is 5.91 Å². The van der Waals surface area contributed by atoms with Crippen LogP contribution in [0, 0.1) is 6.92 Å². The van der Waals surface area contributed by atoms with Gasteiger partial charge in [0.1, 0.15) is 5.84 Å². The highest BCUT2D eigenvalue weighted by atomic mass is 16.4. The number of carbonyl (C=O) groups is 1. The van der Waals surface area contributed by atoms with Crippen LogP contribution in [0.1, 0.15) is 35.1 Å². The van der Waals surface area contributed by atoms with E-state index in [1.54, 1.807) is 13.0 Å². The van der Waals surface area contributed by atoms with Gasteiger partial charge in [0, 0.05) is 13.0 Å². The molecular formula is C11H17N5O2. The summed E-state index contributed by atoms with van der Waals surface area (Å²) in [6.07, 6.45) is 0.928. The Bertz CT molecular complexity index is 459. The summed E-state index contributed by atoms with van der Waals surface area (Å²) in [4.78, 5) is 11.9. The van der Waals surface area contributed by atoms with Gasteiger partial charge in [-0.1, -0.05) is 12.1 Å². The highest BCUT2D eigenvalue weighted by Gasteiger charge is 2.12. The normalized spacial score (nSPS) is 11.3. The van der Waals surface area contributed by atoms with E-state index in [2.05, 4.69) is 20.7 Å². The lowest BCUT2D eigenvalue weighted by Crippen LogP contribution is -2.29. The first-order valence-corrected chi connectivity index (χ1v) is 5.66. The summed E-state index contributed by atoms with van der Waals surface area (Å²) in [6.45, 7) is 3.99. The Hall–Kier alpha value is -2.18. The number of oxime groups is 1. The highest BCUT2D eigenvalue weighted by Crippen LogP contribution is 2.07. The van der Waals surface area contributed by atoms with Crippen molar-refractivity contribution in [1.82, 2.24) is 15.5 Å². The number of amidine groups is 1. The number of rotatable bonds is 5. The molecule has 0 aliphatic rings. The molecular weight excluding hydrogens is 234 g/mol. The molecule has 0 bridgehead atoms. The van der Waals surface area contributed by atoms with Crippen LogP contribution < -0.4 is 11.1 Å². The van der Waals surface area contributed by atoms with Crippen LogP contribution in [-0.4, -0.2) is 33.7 Å². The van der Waals surface area contributed by atoms with E-state index in [4.69, 9.17) is 10.9 Å². The molecule has 1 amide bonds. The Kier molecular flexibility index (Phi) is 5.04. The average molecular weight is 251 g/mol. The third-order valence-corrected chi connectivity index (χ3v) is 2.37. The number of nitrogens with one attached hydrogen (secondary N) is 1. The van der Waals surface area contributed by atoms with E-state index in [1.165, 1.54) is 0 Å². The Morgan fingerprint density at radius 1 is 1.56 bits per heavy atom. The molecule has 0 unspecified atom stereocenters. The molecule has 0 atom stereocenters. The van der Waals surface area contributed by atoms with Gasteiger partial charge in [-0.05, 0) is 19.4 Å². The molecule has 7 heteroatoms. The Labute approximate surface area is 105 Å². The fourth-order valence-electron chi connectivity index (χ4n) is 1.42. The number of hydrogen-bond acceptors (Lipinski definition) is 5. The topological polar surface area (TPSA) is 113 Å². The van der Waals surface area contributed by atoms with Crippen molar-refractivity contribution in [2.45, 2.75) is 26.7 Å². The quantitative estimate of drug-likeness (QED) is 0.300. The van der Waals surface area contributed by atoms with E-state index in [0.29, 0.717) is 36.3 Å². The zero-order valence-corrected chi connectivity index (χ0v) is 10.5. The maximum Gasteiger partial charge on any atom is 0.253 e. The van der Waals surface area contributed by atoms with Crippen molar-refractivity contribution in [2.75, 3.05) is 6.54 Å². The molecule has 0 aliphatic carbocycles. The van der Waals surface area contributed by atoms with Gasteiger partial charge in [0.2, 0.25) is 0 Å². The van der Waals surface area contributed by atoms with Gasteiger partial charge in [0.15, 0.2) is 0 Å². The van der Waals surface area contributed by atoms with Crippen LogP contribution in [-0.2, 0) is 6.42 Å². The zero-order valence-electron chi connectivity index (χ0n) is 10.5. The molecule has 1 rings (SSSR count). The lowest BCUT2D eigenvalue weighted by atomic mass is 10.1. The van der Waals surface area contributed by atoms with Crippen molar-refractivity contribution in [1.29, 1.82) is 0 Å². The fraction of sp³-hybridized carbons (Fsp3) is 0.455. The number of nitrogens with two attached hydrogens (primary N) is 1. The molecule has 98 valence electrons. The third kappa shape index (κ3) is 3.69. The highest BCUT2D eigenvalue weighted by molar-refractivity contribution is 5.95. The number of aromatic nitrogens is 2. The summed E-state index contributed by atoms with van der Waals surface area (Å²) in [5.74, 6) is -0.148. The van der Waals surface area contributed by atoms with Crippen LogP contribution in [0.15, 0.2) is 11.2 Å². The summed E-state index contributed by atoms with van der Waals surface area (Å²) in [5, 5.41) is 21.8. The summed E-state index contributed by atoms with van der Waals surface area (Å²) in [6, 6.07) is 1.70. The predicted octanol–water partition coefficient (Wildman–Crippen LogP) is 0.214. The first-order valence-electron chi connectivity index (χ1n) is 5.66. The van der Waals surface area contributed by atoms with Crippen molar-refractivity contribution >= 4 is 11.7 Å². The Balaban J connectivity index is 2.69. The summed E-state index contributed by atoms with van der Waals surface area (Å²) in [5.41, 5.74) is 7.17. The second kappa shape index (κ2) is 6.53. The SMILES string of the molecule is CCc1nnc(C)cc1C(=O)NCCC(N)=NO. The maximum absolute atomic E-state index is 11.9. The lowest BCUT2D eigenvalue weighted by molar-refractivity contribution is 0.0953. The molecule has 0 fully saturated rings. The molecule has 1 heterocycles. The van der Waals surface area contributed by atoms with Crippen molar-refractivity contribution in [2.24, 2.45) is 10.9 Å². The largest absolute Gasteiger partial charge is 0.409 e. The first kappa shape index (κ1) is 13.9. The standard InChI is InChI=1S/C11H17N5O2/c1-3-9-8(6-7(2)14-15-9)11(17)13-5-4-10(12)16-18/h6,18H,3-5H2,1-2H3,(H2,12,16)(H,13,17). The van der Waals surface area contributed by atoms with Crippen molar-refractivity contribution < 1.29 is 10.0 Å². The Morgan fingerprint density at radius 2 is 2.28 bits per heavy atom. The van der Waals surface area contributed by atoms with Gasteiger partial charge >= 0.3 is 0 Å². The van der Waals surface area contributed by atoms with Crippen molar-refractivity contribution in [3.05, 3.63) is 23.0 Å². The van der Waals surface area contributed by atoms with Gasteiger partial charge in [-0.15, -0.1) is 0 Å². The number of amides is 1. The van der Waals surface area contributed by atoms with E-state index >= 15 is 0 Å². The van der Waals surface area contributed by atoms with Crippen LogP contribution in [0.3, 0.4) is 0 Å². The molecule has 18 heavy (non-hydrogen) atoms. The minimum Gasteiger partial charge on any atom is -0.409 e. The molecule has 1 aromatic rings. The van der Waals surface area contributed by atoms with E-state index in [0.717, 1.165) is 0 Å². The molecule has 0 spiro atoms. The van der Waals surface area contributed by atoms with Crippen molar-refractivity contribution in [3.63, 3.8) is 0 Å².